The summed E-state index contributed by atoms with van der Waals surface area (Å²) < 4.78 is 6.28. The van der Waals surface area contributed by atoms with Crippen LogP contribution in [0.15, 0.2) is 4.99 Å². The predicted molar refractivity (Wildman–Crippen MR) is 104 cm³/mol. The van der Waals surface area contributed by atoms with E-state index in [1.165, 1.54) is 89.9 Å². The number of amidine groups is 1. The second kappa shape index (κ2) is 11.8. The molecule has 0 radical (unpaired) electrons. The summed E-state index contributed by atoms with van der Waals surface area (Å²) in [6.07, 6.45) is 19.8. The zero-order valence-corrected chi connectivity index (χ0v) is 16.2. The van der Waals surface area contributed by atoms with Gasteiger partial charge in [0.25, 0.3) is 6.02 Å². The molecule has 0 spiro atoms. The second-order valence-electron chi connectivity index (χ2n) is 7.98. The summed E-state index contributed by atoms with van der Waals surface area (Å²) in [5, 5.41) is 3.66. The standard InChI is InChI=1S/C21H40N2O/c1-3-4-5-8-13-18(2)24-21(22-19-14-9-6-10-15-19)23-20-16-11-7-12-17-20/h18-20H,3-17H2,1-2H3,(H,22,23)/t18-/m0/s1. The quantitative estimate of drug-likeness (QED) is 0.336. The minimum absolute atomic E-state index is 0.278. The highest BCUT2D eigenvalue weighted by Gasteiger charge is 2.19. The summed E-state index contributed by atoms with van der Waals surface area (Å²) in [4.78, 5) is 5.00. The Morgan fingerprint density at radius 3 is 2.29 bits per heavy atom. The van der Waals surface area contributed by atoms with E-state index in [0.29, 0.717) is 12.1 Å². The molecule has 0 heterocycles. The van der Waals surface area contributed by atoms with Gasteiger partial charge in [0.2, 0.25) is 0 Å². The Bertz CT molecular complexity index is 344. The minimum Gasteiger partial charge on any atom is -0.462 e. The van der Waals surface area contributed by atoms with Crippen molar-refractivity contribution in [2.45, 2.75) is 128 Å². The third-order valence-corrected chi connectivity index (χ3v) is 5.58. The molecule has 0 aromatic rings. The molecule has 0 amide bonds. The highest BCUT2D eigenvalue weighted by molar-refractivity contribution is 5.74. The van der Waals surface area contributed by atoms with Crippen LogP contribution in [0.5, 0.6) is 0 Å². The minimum atomic E-state index is 0.278. The fourth-order valence-electron chi connectivity index (χ4n) is 4.01. The molecule has 0 saturated heterocycles. The first-order chi connectivity index (χ1) is 11.8. The summed E-state index contributed by atoms with van der Waals surface area (Å²) in [6, 6.07) is 1.92. The van der Waals surface area contributed by atoms with Gasteiger partial charge in [0.05, 0.1) is 12.1 Å². The molecule has 0 aromatic heterocycles. The zero-order valence-electron chi connectivity index (χ0n) is 16.2. The fourth-order valence-corrected chi connectivity index (χ4v) is 4.01. The van der Waals surface area contributed by atoms with Gasteiger partial charge in [-0.25, -0.2) is 4.99 Å². The maximum atomic E-state index is 6.28. The summed E-state index contributed by atoms with van der Waals surface area (Å²) in [6.45, 7) is 4.48. The van der Waals surface area contributed by atoms with E-state index in [1.54, 1.807) is 0 Å². The predicted octanol–water partition coefficient (Wildman–Crippen LogP) is 5.97. The van der Waals surface area contributed by atoms with E-state index in [1.807, 2.05) is 0 Å². The normalized spacial score (nSPS) is 22.3. The number of unbranched alkanes of at least 4 members (excludes halogenated alkanes) is 3. The molecule has 0 bridgehead atoms. The lowest BCUT2D eigenvalue weighted by molar-refractivity contribution is 0.175. The summed E-state index contributed by atoms with van der Waals surface area (Å²) in [5.74, 6) is 0. The SMILES string of the molecule is CCCCCC[C@H](C)OC(=NC1CCCCC1)NC1CCCCC1. The Balaban J connectivity index is 1.84. The van der Waals surface area contributed by atoms with Crippen LogP contribution < -0.4 is 5.32 Å². The molecule has 1 atom stereocenters. The third-order valence-electron chi connectivity index (χ3n) is 5.58. The number of aliphatic imine (C=N–C) groups is 1. The van der Waals surface area contributed by atoms with Crippen molar-refractivity contribution in [2.24, 2.45) is 4.99 Å². The molecule has 0 unspecified atom stereocenters. The van der Waals surface area contributed by atoms with Crippen molar-refractivity contribution in [3.05, 3.63) is 0 Å². The van der Waals surface area contributed by atoms with Crippen LogP contribution in [0.4, 0.5) is 0 Å². The summed E-state index contributed by atoms with van der Waals surface area (Å²) in [7, 11) is 0. The first-order valence-corrected chi connectivity index (χ1v) is 10.8. The molecule has 0 aromatic carbocycles. The van der Waals surface area contributed by atoms with Crippen molar-refractivity contribution >= 4 is 6.02 Å². The lowest BCUT2D eigenvalue weighted by atomic mass is 9.95. The molecule has 140 valence electrons. The van der Waals surface area contributed by atoms with Crippen molar-refractivity contribution in [3.8, 4) is 0 Å². The van der Waals surface area contributed by atoms with Crippen LogP contribution in [-0.4, -0.2) is 24.2 Å². The molecule has 2 fully saturated rings. The maximum absolute atomic E-state index is 6.28. The average Bonchev–Trinajstić information content (AvgIpc) is 2.60. The highest BCUT2D eigenvalue weighted by atomic mass is 16.5. The van der Waals surface area contributed by atoms with Crippen LogP contribution in [-0.2, 0) is 4.74 Å². The van der Waals surface area contributed by atoms with Gasteiger partial charge in [-0.15, -0.1) is 0 Å². The largest absolute Gasteiger partial charge is 0.462 e. The molecule has 0 aliphatic heterocycles. The van der Waals surface area contributed by atoms with E-state index in [9.17, 15) is 0 Å². The van der Waals surface area contributed by atoms with Crippen LogP contribution >= 0.6 is 0 Å². The molecule has 2 rings (SSSR count). The Morgan fingerprint density at radius 1 is 0.958 bits per heavy atom. The monoisotopic (exact) mass is 336 g/mol. The Kier molecular flexibility index (Phi) is 9.60. The van der Waals surface area contributed by atoms with E-state index in [-0.39, 0.29) is 6.10 Å². The molecule has 2 aliphatic rings. The van der Waals surface area contributed by atoms with Crippen LogP contribution in [0.1, 0.15) is 110 Å². The van der Waals surface area contributed by atoms with E-state index >= 15 is 0 Å². The topological polar surface area (TPSA) is 33.6 Å². The second-order valence-corrected chi connectivity index (χ2v) is 7.98. The number of hydrogen-bond donors (Lipinski definition) is 1. The molecular weight excluding hydrogens is 296 g/mol. The molecule has 24 heavy (non-hydrogen) atoms. The number of ether oxygens (including phenoxy) is 1. The zero-order chi connectivity index (χ0) is 17.0. The van der Waals surface area contributed by atoms with E-state index in [2.05, 4.69) is 19.2 Å². The van der Waals surface area contributed by atoms with Gasteiger partial charge in [-0.05, 0) is 45.4 Å². The van der Waals surface area contributed by atoms with Crippen LogP contribution in [0.2, 0.25) is 0 Å². The molecule has 3 heteroatoms. The first kappa shape index (κ1) is 19.6. The average molecular weight is 337 g/mol. The number of nitrogens with one attached hydrogen (secondary N) is 1. The number of hydrogen-bond acceptors (Lipinski definition) is 2. The van der Waals surface area contributed by atoms with Crippen molar-refractivity contribution < 1.29 is 4.74 Å². The van der Waals surface area contributed by atoms with Crippen LogP contribution in [0.25, 0.3) is 0 Å². The van der Waals surface area contributed by atoms with Crippen LogP contribution in [0, 0.1) is 0 Å². The molecule has 1 N–H and O–H groups in total. The Labute approximate surface area is 150 Å². The van der Waals surface area contributed by atoms with Gasteiger partial charge in [0, 0.05) is 6.04 Å². The van der Waals surface area contributed by atoms with Gasteiger partial charge >= 0.3 is 0 Å². The van der Waals surface area contributed by atoms with Gasteiger partial charge in [0.15, 0.2) is 0 Å². The van der Waals surface area contributed by atoms with Gasteiger partial charge in [-0.3, -0.25) is 0 Å². The van der Waals surface area contributed by atoms with E-state index < -0.39 is 0 Å². The smallest absolute Gasteiger partial charge is 0.285 e. The van der Waals surface area contributed by atoms with E-state index in [4.69, 9.17) is 9.73 Å². The summed E-state index contributed by atoms with van der Waals surface area (Å²) >= 11 is 0. The highest BCUT2D eigenvalue weighted by Crippen LogP contribution is 2.22. The molecule has 2 saturated carbocycles. The molecule has 3 nitrogen and oxygen atoms in total. The Morgan fingerprint density at radius 2 is 1.62 bits per heavy atom. The fraction of sp³-hybridized carbons (Fsp3) is 0.952. The van der Waals surface area contributed by atoms with Crippen molar-refractivity contribution in [3.63, 3.8) is 0 Å². The van der Waals surface area contributed by atoms with E-state index in [0.717, 1.165) is 12.4 Å². The maximum Gasteiger partial charge on any atom is 0.285 e. The van der Waals surface area contributed by atoms with Gasteiger partial charge in [0.1, 0.15) is 0 Å². The van der Waals surface area contributed by atoms with Gasteiger partial charge in [-0.1, -0.05) is 64.7 Å². The number of rotatable bonds is 8. The number of nitrogens with zero attached hydrogens (tertiary/aromatic N) is 1. The van der Waals surface area contributed by atoms with Gasteiger partial charge < -0.3 is 10.1 Å². The lowest BCUT2D eigenvalue weighted by Crippen LogP contribution is -2.40. The Hall–Kier alpha value is -0.730. The van der Waals surface area contributed by atoms with Gasteiger partial charge in [-0.2, -0.15) is 0 Å². The molecule has 2 aliphatic carbocycles. The molecular formula is C21H40N2O. The first-order valence-electron chi connectivity index (χ1n) is 10.8. The lowest BCUT2D eigenvalue weighted by Gasteiger charge is -2.27. The van der Waals surface area contributed by atoms with Crippen molar-refractivity contribution in [2.75, 3.05) is 0 Å². The van der Waals surface area contributed by atoms with Crippen molar-refractivity contribution in [1.29, 1.82) is 0 Å². The van der Waals surface area contributed by atoms with Crippen molar-refractivity contribution in [1.82, 2.24) is 5.32 Å². The van der Waals surface area contributed by atoms with Crippen LogP contribution in [0.3, 0.4) is 0 Å². The summed E-state index contributed by atoms with van der Waals surface area (Å²) in [5.41, 5.74) is 0. The third kappa shape index (κ3) is 7.90.